The second kappa shape index (κ2) is 14.5. The van der Waals surface area contributed by atoms with Crippen LogP contribution in [0.3, 0.4) is 0 Å². The van der Waals surface area contributed by atoms with Crippen molar-refractivity contribution in [1.82, 2.24) is 9.97 Å². The third kappa shape index (κ3) is 9.67. The van der Waals surface area contributed by atoms with Crippen LogP contribution in [0.2, 0.25) is 0 Å². The van der Waals surface area contributed by atoms with Crippen LogP contribution in [0.5, 0.6) is 17.4 Å². The predicted molar refractivity (Wildman–Crippen MR) is 141 cm³/mol. The van der Waals surface area contributed by atoms with Crippen LogP contribution in [-0.4, -0.2) is 55.2 Å². The van der Waals surface area contributed by atoms with Crippen molar-refractivity contribution in [3.63, 3.8) is 0 Å². The molecule has 14 heteroatoms. The Kier molecular flexibility index (Phi) is 11.1. The van der Waals surface area contributed by atoms with Crippen LogP contribution in [0, 0.1) is 0 Å². The number of methoxy groups -OCH3 is 1. The fourth-order valence-corrected chi connectivity index (χ4v) is 4.44. The molecule has 3 aromatic rings. The fourth-order valence-electron chi connectivity index (χ4n) is 3.09. The number of carbonyl (C=O) groups excluding carboxylic acids is 2. The molecule has 216 valence electrons. The van der Waals surface area contributed by atoms with E-state index in [0.29, 0.717) is 34.0 Å². The summed E-state index contributed by atoms with van der Waals surface area (Å²) in [5, 5.41) is 0.686. The highest BCUT2D eigenvalue weighted by Gasteiger charge is 2.28. The minimum Gasteiger partial charge on any atom is -0.481 e. The van der Waals surface area contributed by atoms with Gasteiger partial charge in [-0.3, -0.25) is 13.6 Å². The largest absolute Gasteiger partial charge is 0.510 e. The van der Waals surface area contributed by atoms with Gasteiger partial charge >= 0.3 is 19.9 Å². The van der Waals surface area contributed by atoms with E-state index in [2.05, 4.69) is 9.97 Å². The van der Waals surface area contributed by atoms with Crippen molar-refractivity contribution in [2.75, 3.05) is 20.7 Å². The standard InChI is InChI=1S/C26H31N2O11P/c1-17(2)37-25(29)33-15-35-40(31,36-16-34-26(30)38-18(3)4)14-19-6-8-20(9-7-19)39-22-12-13-27-24-21(22)10-11-23(28-24)32-5/h6-13,17-18H,14-16H2,1-5H3. The molecule has 0 aliphatic carbocycles. The van der Waals surface area contributed by atoms with Gasteiger partial charge in [-0.05, 0) is 57.5 Å². The van der Waals surface area contributed by atoms with E-state index in [1.165, 1.54) is 7.11 Å². The number of carbonyl (C=O) groups is 2. The van der Waals surface area contributed by atoms with E-state index >= 15 is 0 Å². The Bertz CT molecular complexity index is 1300. The molecule has 13 nitrogen and oxygen atoms in total. The van der Waals surface area contributed by atoms with Gasteiger partial charge in [0, 0.05) is 12.3 Å². The molecule has 0 saturated heterocycles. The van der Waals surface area contributed by atoms with Gasteiger partial charge in [0.1, 0.15) is 11.5 Å². The zero-order valence-corrected chi connectivity index (χ0v) is 23.6. The summed E-state index contributed by atoms with van der Waals surface area (Å²) in [6.07, 6.45) is -1.50. The number of hydrogen-bond acceptors (Lipinski definition) is 13. The van der Waals surface area contributed by atoms with Crippen LogP contribution in [0.4, 0.5) is 9.59 Å². The van der Waals surface area contributed by atoms with Gasteiger partial charge < -0.3 is 28.4 Å². The fraction of sp³-hybridized carbons (Fsp3) is 0.385. The number of rotatable bonds is 13. The summed E-state index contributed by atoms with van der Waals surface area (Å²) in [5.41, 5.74) is 0.999. The van der Waals surface area contributed by atoms with Gasteiger partial charge in [0.05, 0.1) is 30.9 Å². The average Bonchev–Trinajstić information content (AvgIpc) is 2.88. The highest BCUT2D eigenvalue weighted by Crippen LogP contribution is 2.51. The molecule has 0 aliphatic heterocycles. The Morgan fingerprint density at radius 2 is 1.45 bits per heavy atom. The normalized spacial score (nSPS) is 11.4. The molecule has 0 spiro atoms. The second-order valence-corrected chi connectivity index (χ2v) is 10.7. The first-order valence-electron chi connectivity index (χ1n) is 12.2. The lowest BCUT2D eigenvalue weighted by atomic mass is 10.2. The minimum absolute atomic E-state index is 0.236. The molecule has 3 rings (SSSR count). The molecule has 0 bridgehead atoms. The van der Waals surface area contributed by atoms with Gasteiger partial charge in [0.15, 0.2) is 5.65 Å². The Balaban J connectivity index is 1.67. The Labute approximate surface area is 231 Å². The van der Waals surface area contributed by atoms with Gasteiger partial charge in [0.25, 0.3) is 0 Å². The monoisotopic (exact) mass is 578 g/mol. The van der Waals surface area contributed by atoms with Crippen LogP contribution >= 0.6 is 7.60 Å². The summed E-state index contributed by atoms with van der Waals surface area (Å²) < 4.78 is 54.4. The number of hydrogen-bond donors (Lipinski definition) is 0. The maximum atomic E-state index is 13.4. The maximum absolute atomic E-state index is 13.4. The van der Waals surface area contributed by atoms with E-state index in [-0.39, 0.29) is 6.16 Å². The summed E-state index contributed by atoms with van der Waals surface area (Å²) in [6.45, 7) is 5.14. The lowest BCUT2D eigenvalue weighted by Crippen LogP contribution is -2.16. The molecule has 0 saturated carbocycles. The molecule has 2 aromatic heterocycles. The van der Waals surface area contributed by atoms with Crippen LogP contribution in [-0.2, 0) is 38.7 Å². The van der Waals surface area contributed by atoms with Crippen LogP contribution in [0.25, 0.3) is 11.0 Å². The average molecular weight is 579 g/mol. The second-order valence-electron chi connectivity index (χ2n) is 8.66. The number of nitrogens with zero attached hydrogens (tertiary/aromatic N) is 2. The third-order valence-electron chi connectivity index (χ3n) is 4.79. The van der Waals surface area contributed by atoms with E-state index in [0.717, 1.165) is 0 Å². The molecule has 0 atom stereocenters. The van der Waals surface area contributed by atoms with E-state index < -0.39 is 45.7 Å². The molecule has 0 amide bonds. The minimum atomic E-state index is -3.98. The zero-order valence-electron chi connectivity index (χ0n) is 22.7. The number of fused-ring (bicyclic) bond motifs is 1. The Morgan fingerprint density at radius 3 is 2.00 bits per heavy atom. The molecule has 40 heavy (non-hydrogen) atoms. The topological polar surface area (TPSA) is 151 Å². The smallest absolute Gasteiger partial charge is 0.481 e. The quantitative estimate of drug-likeness (QED) is 0.129. The van der Waals surface area contributed by atoms with E-state index in [1.54, 1.807) is 76.4 Å². The zero-order chi connectivity index (χ0) is 29.1. The molecule has 1 aromatic carbocycles. The predicted octanol–water partition coefficient (Wildman–Crippen LogP) is 6.20. The summed E-state index contributed by atoms with van der Waals surface area (Å²) in [4.78, 5) is 31.8. The Hall–Kier alpha value is -3.93. The molecule has 2 heterocycles. The summed E-state index contributed by atoms with van der Waals surface area (Å²) >= 11 is 0. The van der Waals surface area contributed by atoms with Crippen LogP contribution in [0.1, 0.15) is 33.3 Å². The number of benzene rings is 1. The van der Waals surface area contributed by atoms with Gasteiger partial charge in [-0.2, -0.15) is 4.98 Å². The maximum Gasteiger partial charge on any atom is 0.510 e. The van der Waals surface area contributed by atoms with Crippen molar-refractivity contribution in [1.29, 1.82) is 0 Å². The summed E-state index contributed by atoms with van der Waals surface area (Å²) in [6, 6.07) is 11.8. The molecular formula is C26H31N2O11P. The van der Waals surface area contributed by atoms with Gasteiger partial charge in [0.2, 0.25) is 19.5 Å². The highest BCUT2D eigenvalue weighted by molar-refractivity contribution is 7.53. The van der Waals surface area contributed by atoms with Crippen molar-refractivity contribution >= 4 is 30.9 Å². The van der Waals surface area contributed by atoms with Gasteiger partial charge in [-0.15, -0.1) is 0 Å². The lowest BCUT2D eigenvalue weighted by molar-refractivity contribution is -0.0304. The first-order valence-corrected chi connectivity index (χ1v) is 13.9. The Morgan fingerprint density at radius 1 is 0.850 bits per heavy atom. The van der Waals surface area contributed by atoms with Crippen molar-refractivity contribution in [3.8, 4) is 17.4 Å². The van der Waals surface area contributed by atoms with Crippen molar-refractivity contribution in [2.45, 2.75) is 46.1 Å². The van der Waals surface area contributed by atoms with E-state index in [9.17, 15) is 14.2 Å². The van der Waals surface area contributed by atoms with Crippen LogP contribution in [0.15, 0.2) is 48.7 Å². The summed E-state index contributed by atoms with van der Waals surface area (Å²) in [5.74, 6) is 1.45. The van der Waals surface area contributed by atoms with Crippen LogP contribution < -0.4 is 9.47 Å². The first kappa shape index (κ1) is 30.6. The number of aromatic nitrogens is 2. The van der Waals surface area contributed by atoms with Crippen molar-refractivity contribution in [3.05, 3.63) is 54.2 Å². The molecule has 0 radical (unpaired) electrons. The molecule has 0 aliphatic rings. The third-order valence-corrected chi connectivity index (χ3v) is 6.54. The SMILES string of the molecule is COc1ccc2c(Oc3ccc(CP(=O)(OCOC(=O)OC(C)C)OCOC(=O)OC(C)C)cc3)ccnc2n1. The lowest BCUT2D eigenvalue weighted by Gasteiger charge is -2.19. The first-order chi connectivity index (χ1) is 19.1. The molecule has 0 N–H and O–H groups in total. The number of pyridine rings is 2. The van der Waals surface area contributed by atoms with E-state index in [1.807, 2.05) is 0 Å². The van der Waals surface area contributed by atoms with Crippen molar-refractivity contribution in [2.24, 2.45) is 0 Å². The van der Waals surface area contributed by atoms with Gasteiger partial charge in [-0.25, -0.2) is 14.6 Å². The summed E-state index contributed by atoms with van der Waals surface area (Å²) in [7, 11) is -2.46. The number of ether oxygens (including phenoxy) is 6. The highest BCUT2D eigenvalue weighted by atomic mass is 31.2. The van der Waals surface area contributed by atoms with Crippen molar-refractivity contribution < 1.29 is 51.6 Å². The van der Waals surface area contributed by atoms with E-state index in [4.69, 9.17) is 37.5 Å². The molecular weight excluding hydrogens is 547 g/mol. The molecule has 0 fully saturated rings. The molecule has 0 unspecified atom stereocenters. The van der Waals surface area contributed by atoms with Gasteiger partial charge in [-0.1, -0.05) is 12.1 Å².